The fourth-order valence-electron chi connectivity index (χ4n) is 9.57. The number of hydrogen-bond donors (Lipinski definition) is 8. The standard InChI is InChI=1S/C56H67N7O24P2/c1-77-88(75,83-32-46-41(67)28-49(86-46)62-18-15-47(57)60-55(62)73)81-23-21-79-19-20-80-22-24-82-89(76,78-2)87-44-29-50(85-45(44)31-64)63-30-34(53(70)61-56(63)74)8-14-48(68)58-16-5-3-4-6-17-59-52(69)33-7-11-37(54(71)72)40(25-33)51-38-12-9-35(65)26-42(38)84-43-27-36(66)10-13-39(43)51/h7-15,18,25-27,30,41,44-46,49-50,64-65,67H,3-6,16-17,19-24,28-29,31-32H2,1-2H3,(H,58,68)(H,59,69)(H,71,72)(H2,57,60,73)(H,61,70,74)/t41-,44-,45-,46-,49-,50-,88?,89?/m1/s1. The number of anilines is 1. The zero-order valence-corrected chi connectivity index (χ0v) is 49.9. The highest BCUT2D eigenvalue weighted by Gasteiger charge is 2.43. The summed E-state index contributed by atoms with van der Waals surface area (Å²) in [7, 11) is -6.23. The Bertz CT molecular complexity index is 3820. The summed E-state index contributed by atoms with van der Waals surface area (Å²) in [6, 6.07) is 14.0. The van der Waals surface area contributed by atoms with Gasteiger partial charge >= 0.3 is 33.0 Å². The van der Waals surface area contributed by atoms with E-state index in [4.69, 9.17) is 56.2 Å². The van der Waals surface area contributed by atoms with E-state index >= 15 is 0 Å². The molecule has 0 radical (unpaired) electrons. The lowest BCUT2D eigenvalue weighted by atomic mass is 9.89. The van der Waals surface area contributed by atoms with Gasteiger partial charge in [0.2, 0.25) is 5.91 Å². The second kappa shape index (κ2) is 31.2. The number of aromatic amines is 1. The van der Waals surface area contributed by atoms with Gasteiger partial charge in [-0.25, -0.2) is 23.5 Å². The molecule has 5 heterocycles. The third kappa shape index (κ3) is 17.9. The van der Waals surface area contributed by atoms with Crippen LogP contribution in [-0.2, 0) is 60.0 Å². The number of nitrogens with two attached hydrogens (primary N) is 1. The normalized spacial score (nSPS) is 19.8. The number of carboxylic acid groups (broad SMARTS) is 1. The Morgan fingerprint density at radius 3 is 2.18 bits per heavy atom. The van der Waals surface area contributed by atoms with Crippen molar-refractivity contribution in [3.8, 4) is 28.2 Å². The molecule has 8 atom stereocenters. The van der Waals surface area contributed by atoms with Crippen LogP contribution in [0.1, 0.15) is 77.3 Å². The van der Waals surface area contributed by atoms with Crippen LogP contribution in [0.15, 0.2) is 103 Å². The number of nitrogen functional groups attached to an aromatic ring is 1. The van der Waals surface area contributed by atoms with E-state index in [-0.39, 0.29) is 110 Å². The molecule has 9 N–H and O–H groups in total. The lowest BCUT2D eigenvalue weighted by molar-refractivity contribution is -0.116. The summed E-state index contributed by atoms with van der Waals surface area (Å²) in [5, 5.41) is 46.9. The van der Waals surface area contributed by atoms with Gasteiger partial charge in [-0.15, -0.1) is 0 Å². The maximum absolute atomic E-state index is 13.5. The number of aromatic nitrogens is 4. The average molecular weight is 1280 g/mol. The number of phosphoric acid groups is 2. The Labute approximate surface area is 505 Å². The van der Waals surface area contributed by atoms with Crippen molar-refractivity contribution in [1.29, 1.82) is 0 Å². The number of phosphoric ester groups is 2. The molecule has 4 aliphatic rings. The molecule has 0 spiro atoms. The number of unbranched alkanes of at least 4 members (excludes halogenated alkanes) is 3. The number of aromatic hydroxyl groups is 1. The molecule has 0 saturated carbocycles. The topological polar surface area (TPSA) is 429 Å². The molecular formula is C56H67N7O24P2. The number of rotatable bonds is 33. The van der Waals surface area contributed by atoms with Crippen molar-refractivity contribution in [3.63, 3.8) is 0 Å². The minimum Gasteiger partial charge on any atom is -0.508 e. The van der Waals surface area contributed by atoms with Gasteiger partial charge in [0.05, 0.1) is 70.1 Å². The van der Waals surface area contributed by atoms with Crippen LogP contribution in [0.25, 0.3) is 39.5 Å². The second-order valence-electron chi connectivity index (χ2n) is 20.0. The van der Waals surface area contributed by atoms with Gasteiger partial charge < -0.3 is 60.2 Å². The first kappa shape index (κ1) is 67.4. The zero-order valence-electron chi connectivity index (χ0n) is 48.1. The van der Waals surface area contributed by atoms with E-state index in [1.165, 1.54) is 66.9 Å². The van der Waals surface area contributed by atoms with Crippen LogP contribution in [0.5, 0.6) is 5.75 Å². The van der Waals surface area contributed by atoms with E-state index < -0.39 is 100 Å². The van der Waals surface area contributed by atoms with Crippen LogP contribution in [0, 0.1) is 0 Å². The number of aliphatic hydroxyl groups excluding tert-OH is 2. The Kier molecular flexibility index (Phi) is 23.6. The van der Waals surface area contributed by atoms with E-state index in [1.54, 1.807) is 6.07 Å². The fourth-order valence-corrected chi connectivity index (χ4v) is 11.6. The van der Waals surface area contributed by atoms with Gasteiger partial charge in [0.1, 0.15) is 53.7 Å². The summed E-state index contributed by atoms with van der Waals surface area (Å²) in [6.07, 6.45) is 0.923. The molecule has 33 heteroatoms. The van der Waals surface area contributed by atoms with Crippen molar-refractivity contribution < 1.29 is 94.4 Å². The number of phenols is 1. The highest BCUT2D eigenvalue weighted by atomic mass is 31.2. The average Bonchev–Trinajstić information content (AvgIpc) is 1.44. The van der Waals surface area contributed by atoms with Gasteiger partial charge in [-0.05, 0) is 73.0 Å². The van der Waals surface area contributed by atoms with Gasteiger partial charge in [0.25, 0.3) is 11.5 Å². The molecule has 8 rings (SSSR count). The van der Waals surface area contributed by atoms with Crippen molar-refractivity contribution in [2.75, 3.05) is 85.9 Å². The molecule has 2 aromatic heterocycles. The van der Waals surface area contributed by atoms with Gasteiger partial charge in [0.15, 0.2) is 5.43 Å². The van der Waals surface area contributed by atoms with Gasteiger partial charge in [-0.1, -0.05) is 12.8 Å². The molecule has 3 aliphatic heterocycles. The van der Waals surface area contributed by atoms with E-state index in [1.807, 2.05) is 0 Å². The number of H-pyrrole nitrogens is 1. The van der Waals surface area contributed by atoms with Gasteiger partial charge in [-0.3, -0.25) is 60.4 Å². The van der Waals surface area contributed by atoms with E-state index in [0.717, 1.165) is 35.6 Å². The van der Waals surface area contributed by atoms with Crippen molar-refractivity contribution in [2.45, 2.75) is 75.4 Å². The van der Waals surface area contributed by atoms with Crippen LogP contribution in [0.3, 0.4) is 0 Å². The number of nitrogens with one attached hydrogen (secondary N) is 3. The first-order chi connectivity index (χ1) is 42.7. The molecule has 89 heavy (non-hydrogen) atoms. The summed E-state index contributed by atoms with van der Waals surface area (Å²) < 4.78 is 88.6. The van der Waals surface area contributed by atoms with Crippen LogP contribution in [0.2, 0.25) is 0 Å². The molecule has 0 bridgehead atoms. The number of benzene rings is 3. The lowest BCUT2D eigenvalue weighted by Gasteiger charge is -2.22. The lowest BCUT2D eigenvalue weighted by Crippen LogP contribution is -2.33. The molecule has 2 saturated heterocycles. The fraction of sp³-hybridized carbons (Fsp3) is 0.429. The van der Waals surface area contributed by atoms with Gasteiger partial charge in [0, 0.05) is 92.8 Å². The molecule has 480 valence electrons. The number of hydrogen-bond acceptors (Lipinski definition) is 25. The number of fused-ring (bicyclic) bond motifs is 2. The van der Waals surface area contributed by atoms with E-state index in [2.05, 4.69) is 20.6 Å². The maximum atomic E-state index is 13.5. The molecular weight excluding hydrogens is 1220 g/mol. The highest BCUT2D eigenvalue weighted by Crippen LogP contribution is 2.53. The molecule has 1 aliphatic carbocycles. The number of aliphatic hydroxyl groups is 2. The largest absolute Gasteiger partial charge is 0.508 e. The number of amides is 2. The number of carbonyl (C=O) groups is 3. The zero-order chi connectivity index (χ0) is 63.8. The second-order valence-corrected chi connectivity index (χ2v) is 23.5. The predicted octanol–water partition coefficient (Wildman–Crippen LogP) is 3.68. The first-order valence-electron chi connectivity index (χ1n) is 27.9. The Hall–Kier alpha value is -7.58. The van der Waals surface area contributed by atoms with Crippen LogP contribution >= 0.6 is 15.6 Å². The molecule has 2 fully saturated rings. The number of aromatic carboxylic acids is 1. The maximum Gasteiger partial charge on any atom is 0.474 e. The smallest absolute Gasteiger partial charge is 0.474 e. The SMILES string of the molecule is COP(=O)(OCCOCCOCCOP(=O)(OC)O[C@@H]1C[C@H](n2cc(C=CC(=O)NCCCCCCNC(=O)c3ccc(C(=O)O)c(-c4c5ccc(=O)cc-5oc5cc(O)ccc45)c3)c(=O)[nH]c2=O)O[C@@H]1CO)OC[C@H]1O[C@@H](n2ccc(N)nc2=O)C[C@H]1O. The summed E-state index contributed by atoms with van der Waals surface area (Å²) in [4.78, 5) is 94.5. The van der Waals surface area contributed by atoms with Crippen LogP contribution in [0.4, 0.5) is 5.82 Å². The summed E-state index contributed by atoms with van der Waals surface area (Å²) in [5.41, 5.74) is 4.07. The van der Waals surface area contributed by atoms with E-state index in [0.29, 0.717) is 48.7 Å². The minimum absolute atomic E-state index is 0.0248. The summed E-state index contributed by atoms with van der Waals surface area (Å²) >= 11 is 0. The first-order valence-corrected chi connectivity index (χ1v) is 30.8. The molecule has 31 nitrogen and oxygen atoms in total. The van der Waals surface area contributed by atoms with E-state index in [9.17, 15) is 63.1 Å². The Balaban J connectivity index is 0.712. The van der Waals surface area contributed by atoms with Gasteiger partial charge in [-0.2, -0.15) is 4.98 Å². The third-order valence-corrected chi connectivity index (χ3v) is 16.9. The van der Waals surface area contributed by atoms with Crippen molar-refractivity contribution >= 4 is 56.3 Å². The monoisotopic (exact) mass is 1280 g/mol. The van der Waals surface area contributed by atoms with Crippen molar-refractivity contribution in [1.82, 2.24) is 29.7 Å². The molecule has 2 amide bonds. The Morgan fingerprint density at radius 2 is 1.48 bits per heavy atom. The number of carboxylic acids is 1. The molecule has 2 aromatic carbocycles. The minimum atomic E-state index is -4.31. The number of nitrogens with zero attached hydrogens (tertiary/aromatic N) is 3. The summed E-state index contributed by atoms with van der Waals surface area (Å²) in [6.45, 7) is -1.05. The van der Waals surface area contributed by atoms with Crippen molar-refractivity contribution in [3.05, 3.63) is 137 Å². The number of phenolic OH excluding ortho intramolecular Hbond substituents is 1. The predicted molar refractivity (Wildman–Crippen MR) is 314 cm³/mol. The summed E-state index contributed by atoms with van der Waals surface area (Å²) in [5.74, 6) is -2.15. The van der Waals surface area contributed by atoms with Crippen LogP contribution in [-0.4, -0.2) is 162 Å². The third-order valence-electron chi connectivity index (χ3n) is 14.0. The molecule has 2 unspecified atom stereocenters. The number of ether oxygens (including phenoxy) is 4. The Morgan fingerprint density at radius 1 is 0.798 bits per heavy atom. The quantitative estimate of drug-likeness (QED) is 0.0126. The highest BCUT2D eigenvalue weighted by molar-refractivity contribution is 7.48. The molecule has 4 aromatic rings. The van der Waals surface area contributed by atoms with Crippen molar-refractivity contribution in [2.24, 2.45) is 0 Å². The van der Waals surface area contributed by atoms with Crippen LogP contribution < -0.4 is 38.7 Å². The number of carbonyl (C=O) groups excluding carboxylic acids is 2.